The van der Waals surface area contributed by atoms with Crippen LogP contribution in [0.3, 0.4) is 0 Å². The minimum Gasteiger partial charge on any atom is -0.372 e. The van der Waals surface area contributed by atoms with Gasteiger partial charge in [-0.25, -0.2) is 0 Å². The van der Waals surface area contributed by atoms with Crippen LogP contribution in [-0.4, -0.2) is 29.9 Å². The van der Waals surface area contributed by atoms with Crippen LogP contribution in [0.5, 0.6) is 0 Å². The van der Waals surface area contributed by atoms with Crippen LogP contribution < -0.4 is 15.8 Å². The van der Waals surface area contributed by atoms with Gasteiger partial charge in [0.25, 0.3) is 11.8 Å². The highest BCUT2D eigenvalue weighted by molar-refractivity contribution is 7.71. The molecule has 0 spiro atoms. The molecular weight excluding hydrogens is 324 g/mol. The molecular formula is C17H20N4O2S. The molecule has 0 aliphatic rings. The summed E-state index contributed by atoms with van der Waals surface area (Å²) in [6.45, 7) is 5.95. The van der Waals surface area contributed by atoms with Crippen LogP contribution in [0.1, 0.15) is 34.6 Å². The fourth-order valence-corrected chi connectivity index (χ4v) is 2.49. The van der Waals surface area contributed by atoms with Crippen molar-refractivity contribution >= 4 is 29.7 Å². The lowest BCUT2D eigenvalue weighted by Gasteiger charge is -2.21. The third-order valence-corrected chi connectivity index (χ3v) is 3.95. The van der Waals surface area contributed by atoms with Crippen LogP contribution in [-0.2, 0) is 0 Å². The summed E-state index contributed by atoms with van der Waals surface area (Å²) < 4.78 is 0.313. The quantitative estimate of drug-likeness (QED) is 0.576. The highest BCUT2D eigenvalue weighted by atomic mass is 32.1. The number of rotatable bonds is 5. The van der Waals surface area contributed by atoms with Crippen molar-refractivity contribution in [2.75, 3.05) is 18.0 Å². The lowest BCUT2D eigenvalue weighted by atomic mass is 10.2. The fourth-order valence-electron chi connectivity index (χ4n) is 2.27. The van der Waals surface area contributed by atoms with E-state index in [4.69, 9.17) is 12.2 Å². The van der Waals surface area contributed by atoms with Crippen LogP contribution in [0.2, 0.25) is 0 Å². The molecule has 2 amide bonds. The zero-order chi connectivity index (χ0) is 17.5. The summed E-state index contributed by atoms with van der Waals surface area (Å²) in [6.07, 6.45) is 1.63. The Bertz CT molecular complexity index is 767. The largest absolute Gasteiger partial charge is 0.372 e. The molecule has 1 heterocycles. The number of benzene rings is 1. The number of aromatic nitrogens is 1. The maximum atomic E-state index is 12.1. The normalized spacial score (nSPS) is 10.1. The zero-order valence-electron chi connectivity index (χ0n) is 13.6. The topological polar surface area (TPSA) is 77.2 Å². The first kappa shape index (κ1) is 17.7. The Balaban J connectivity index is 1.99. The standard InChI is InChI=1S/C17H20N4O2S/c1-3-21(4-2)13-9-7-12(8-10-13)15(22)19-20-16(23)14-6-5-11-18-17(14)24/h5-11H,3-4H2,1-2H3,(H,18,24)(H,19,22)(H,20,23). The van der Waals surface area contributed by atoms with Gasteiger partial charge < -0.3 is 9.88 Å². The molecule has 0 aliphatic heterocycles. The number of nitrogens with one attached hydrogen (secondary N) is 3. The van der Waals surface area contributed by atoms with Crippen molar-refractivity contribution in [3.05, 3.63) is 58.4 Å². The highest BCUT2D eigenvalue weighted by Crippen LogP contribution is 2.14. The molecule has 0 aliphatic carbocycles. The van der Waals surface area contributed by atoms with Gasteiger partial charge in [-0.15, -0.1) is 0 Å². The molecule has 7 heteroatoms. The third-order valence-electron chi connectivity index (χ3n) is 3.61. The summed E-state index contributed by atoms with van der Waals surface area (Å²) in [7, 11) is 0. The first-order valence-electron chi connectivity index (χ1n) is 7.70. The monoisotopic (exact) mass is 344 g/mol. The van der Waals surface area contributed by atoms with E-state index in [2.05, 4.69) is 34.6 Å². The number of carbonyl (C=O) groups is 2. The second-order valence-corrected chi connectivity index (χ2v) is 5.45. The molecule has 2 aromatic rings. The van der Waals surface area contributed by atoms with E-state index in [0.717, 1.165) is 18.8 Å². The Morgan fingerprint density at radius 1 is 1.04 bits per heavy atom. The van der Waals surface area contributed by atoms with Crippen molar-refractivity contribution in [3.63, 3.8) is 0 Å². The summed E-state index contributed by atoms with van der Waals surface area (Å²) >= 11 is 5.03. The van der Waals surface area contributed by atoms with Gasteiger partial charge in [-0.05, 0) is 50.2 Å². The molecule has 0 atom stereocenters. The lowest BCUT2D eigenvalue weighted by Crippen LogP contribution is -2.41. The Morgan fingerprint density at radius 2 is 1.67 bits per heavy atom. The van der Waals surface area contributed by atoms with Crippen molar-refractivity contribution in [2.45, 2.75) is 13.8 Å². The molecule has 1 aromatic carbocycles. The number of hydrogen-bond donors (Lipinski definition) is 3. The summed E-state index contributed by atoms with van der Waals surface area (Å²) in [4.78, 5) is 29.1. The van der Waals surface area contributed by atoms with E-state index in [1.54, 1.807) is 30.5 Å². The van der Waals surface area contributed by atoms with E-state index in [1.807, 2.05) is 12.1 Å². The van der Waals surface area contributed by atoms with Gasteiger partial charge in [-0.3, -0.25) is 20.4 Å². The maximum absolute atomic E-state index is 12.1. The Kier molecular flexibility index (Phi) is 6.08. The van der Waals surface area contributed by atoms with E-state index in [9.17, 15) is 9.59 Å². The van der Waals surface area contributed by atoms with E-state index < -0.39 is 5.91 Å². The second-order valence-electron chi connectivity index (χ2n) is 5.04. The number of hydrazine groups is 1. The second kappa shape index (κ2) is 8.26. The number of pyridine rings is 1. The molecule has 3 N–H and O–H groups in total. The molecule has 0 saturated heterocycles. The van der Waals surface area contributed by atoms with Crippen molar-refractivity contribution in [1.29, 1.82) is 0 Å². The number of aromatic amines is 1. The number of anilines is 1. The smallest absolute Gasteiger partial charge is 0.272 e. The minimum absolute atomic E-state index is 0.296. The molecule has 126 valence electrons. The third kappa shape index (κ3) is 4.20. The number of amides is 2. The molecule has 6 nitrogen and oxygen atoms in total. The van der Waals surface area contributed by atoms with E-state index in [1.165, 1.54) is 0 Å². The van der Waals surface area contributed by atoms with E-state index >= 15 is 0 Å². The van der Waals surface area contributed by atoms with Gasteiger partial charge in [-0.1, -0.05) is 12.2 Å². The van der Waals surface area contributed by atoms with Crippen LogP contribution in [0, 0.1) is 4.64 Å². The first-order valence-corrected chi connectivity index (χ1v) is 8.11. The van der Waals surface area contributed by atoms with E-state index in [-0.39, 0.29) is 5.91 Å². The van der Waals surface area contributed by atoms with Crippen LogP contribution >= 0.6 is 12.2 Å². The molecule has 0 unspecified atom stereocenters. The first-order chi connectivity index (χ1) is 11.6. The number of carbonyl (C=O) groups excluding carboxylic acids is 2. The number of H-pyrrole nitrogens is 1. The van der Waals surface area contributed by atoms with Crippen molar-refractivity contribution in [3.8, 4) is 0 Å². The molecule has 0 bridgehead atoms. The molecule has 0 radical (unpaired) electrons. The van der Waals surface area contributed by atoms with Crippen molar-refractivity contribution < 1.29 is 9.59 Å². The predicted octanol–water partition coefficient (Wildman–Crippen LogP) is 2.67. The Labute approximate surface area is 145 Å². The minimum atomic E-state index is -0.468. The summed E-state index contributed by atoms with van der Waals surface area (Å²) in [5.41, 5.74) is 6.56. The lowest BCUT2D eigenvalue weighted by molar-refractivity contribution is 0.0846. The summed E-state index contributed by atoms with van der Waals surface area (Å²) in [5, 5.41) is 0. The van der Waals surface area contributed by atoms with Gasteiger partial charge in [0.2, 0.25) is 0 Å². The maximum Gasteiger partial charge on any atom is 0.272 e. The molecule has 2 rings (SSSR count). The Morgan fingerprint density at radius 3 is 2.25 bits per heavy atom. The van der Waals surface area contributed by atoms with Gasteiger partial charge in [0.1, 0.15) is 4.64 Å². The summed E-state index contributed by atoms with van der Waals surface area (Å²) in [5.74, 6) is -0.856. The molecule has 1 aromatic heterocycles. The van der Waals surface area contributed by atoms with Crippen LogP contribution in [0.25, 0.3) is 0 Å². The SMILES string of the molecule is CCN(CC)c1ccc(C(=O)NNC(=O)c2ccc[nH]c2=S)cc1. The average molecular weight is 344 g/mol. The average Bonchev–Trinajstić information content (AvgIpc) is 2.61. The van der Waals surface area contributed by atoms with Gasteiger partial charge in [-0.2, -0.15) is 0 Å². The predicted molar refractivity (Wildman–Crippen MR) is 96.6 cm³/mol. The van der Waals surface area contributed by atoms with Crippen molar-refractivity contribution in [2.24, 2.45) is 0 Å². The van der Waals surface area contributed by atoms with Gasteiger partial charge in [0.05, 0.1) is 5.56 Å². The Hall–Kier alpha value is -2.67. The molecule has 24 heavy (non-hydrogen) atoms. The van der Waals surface area contributed by atoms with Gasteiger partial charge in [0, 0.05) is 30.5 Å². The molecule has 0 fully saturated rings. The number of nitrogens with zero attached hydrogens (tertiary/aromatic N) is 1. The number of hydrogen-bond acceptors (Lipinski definition) is 4. The highest BCUT2D eigenvalue weighted by Gasteiger charge is 2.11. The van der Waals surface area contributed by atoms with Crippen LogP contribution in [0.4, 0.5) is 5.69 Å². The molecule has 0 saturated carbocycles. The fraction of sp³-hybridized carbons (Fsp3) is 0.235. The van der Waals surface area contributed by atoms with Crippen LogP contribution in [0.15, 0.2) is 42.6 Å². The van der Waals surface area contributed by atoms with Crippen molar-refractivity contribution in [1.82, 2.24) is 15.8 Å². The van der Waals surface area contributed by atoms with Gasteiger partial charge >= 0.3 is 0 Å². The van der Waals surface area contributed by atoms with E-state index in [0.29, 0.717) is 15.8 Å². The summed E-state index contributed by atoms with van der Waals surface area (Å²) in [6, 6.07) is 10.5. The van der Waals surface area contributed by atoms with Gasteiger partial charge in [0.15, 0.2) is 0 Å². The zero-order valence-corrected chi connectivity index (χ0v) is 14.4.